The molecular formula is C22H23F2NO4. The van der Waals surface area contributed by atoms with Crippen molar-refractivity contribution in [2.75, 3.05) is 13.2 Å². The maximum absolute atomic E-state index is 14.5. The molecule has 0 aliphatic carbocycles. The number of carbonyl (C=O) groups is 1. The summed E-state index contributed by atoms with van der Waals surface area (Å²) in [4.78, 5) is 14.3. The Labute approximate surface area is 167 Å². The van der Waals surface area contributed by atoms with Gasteiger partial charge >= 0.3 is 6.09 Å². The Kier molecular flexibility index (Phi) is 5.27. The van der Waals surface area contributed by atoms with Crippen LogP contribution in [0.25, 0.3) is 0 Å². The van der Waals surface area contributed by atoms with Gasteiger partial charge in [-0.15, -0.1) is 0 Å². The molecule has 2 saturated heterocycles. The molecule has 154 valence electrons. The fourth-order valence-corrected chi connectivity index (χ4v) is 4.30. The number of hydrogen-bond donors (Lipinski definition) is 1. The first-order valence-corrected chi connectivity index (χ1v) is 9.62. The summed E-state index contributed by atoms with van der Waals surface area (Å²) in [6.07, 6.45) is -0.303. The number of piperidine rings is 1. The standard InChI is InChI=1S/C22H23F2NO4/c1-14-7-18(20(24)8-19(14)23)22(27)9-16-12-28-13-17(10-22)25(16)21(26)29-11-15-5-3-2-4-6-15/h2-8,16-17,27H,9-13H2,1H3. The molecule has 2 aliphatic heterocycles. The lowest BCUT2D eigenvalue weighted by Crippen LogP contribution is -2.62. The second-order valence-corrected chi connectivity index (χ2v) is 7.81. The number of fused-ring (bicyclic) bond motifs is 2. The van der Waals surface area contributed by atoms with E-state index in [1.165, 1.54) is 13.0 Å². The van der Waals surface area contributed by atoms with E-state index in [-0.39, 0.29) is 43.8 Å². The fraction of sp³-hybridized carbons (Fsp3) is 0.409. The minimum Gasteiger partial charge on any atom is -0.445 e. The monoisotopic (exact) mass is 403 g/mol. The van der Waals surface area contributed by atoms with Crippen molar-refractivity contribution < 1.29 is 28.2 Å². The van der Waals surface area contributed by atoms with Crippen LogP contribution >= 0.6 is 0 Å². The van der Waals surface area contributed by atoms with Crippen molar-refractivity contribution in [1.82, 2.24) is 4.90 Å². The Balaban J connectivity index is 1.53. The molecule has 1 N–H and O–H groups in total. The summed E-state index contributed by atoms with van der Waals surface area (Å²) in [6.45, 7) is 2.12. The van der Waals surface area contributed by atoms with Crippen LogP contribution in [0.15, 0.2) is 42.5 Å². The van der Waals surface area contributed by atoms with Crippen LogP contribution in [0.1, 0.15) is 29.5 Å². The Hall–Kier alpha value is -2.51. The number of rotatable bonds is 3. The van der Waals surface area contributed by atoms with Crippen molar-refractivity contribution in [3.63, 3.8) is 0 Å². The molecule has 2 fully saturated rings. The maximum Gasteiger partial charge on any atom is 0.410 e. The number of halogens is 2. The summed E-state index contributed by atoms with van der Waals surface area (Å²) in [7, 11) is 0. The van der Waals surface area contributed by atoms with Crippen molar-refractivity contribution in [3.8, 4) is 0 Å². The molecule has 2 aliphatic rings. The molecule has 2 atom stereocenters. The Bertz CT molecular complexity index is 891. The lowest BCUT2D eigenvalue weighted by molar-refractivity contribution is -0.137. The predicted octanol–water partition coefficient (Wildman–Crippen LogP) is 3.66. The summed E-state index contributed by atoms with van der Waals surface area (Å²) in [5, 5.41) is 11.3. The largest absolute Gasteiger partial charge is 0.445 e. The van der Waals surface area contributed by atoms with Gasteiger partial charge in [0.15, 0.2) is 0 Å². The third-order valence-electron chi connectivity index (χ3n) is 5.72. The minimum atomic E-state index is -1.50. The van der Waals surface area contributed by atoms with Gasteiger partial charge in [0, 0.05) is 24.5 Å². The Morgan fingerprint density at radius 1 is 1.17 bits per heavy atom. The fourth-order valence-electron chi connectivity index (χ4n) is 4.30. The van der Waals surface area contributed by atoms with E-state index in [1.54, 1.807) is 4.90 Å². The van der Waals surface area contributed by atoms with E-state index in [1.807, 2.05) is 30.3 Å². The zero-order valence-electron chi connectivity index (χ0n) is 16.1. The molecule has 2 heterocycles. The number of aliphatic hydroxyl groups is 1. The number of carbonyl (C=O) groups excluding carboxylic acids is 1. The van der Waals surface area contributed by atoms with Crippen molar-refractivity contribution in [2.24, 2.45) is 0 Å². The van der Waals surface area contributed by atoms with Crippen LogP contribution in [-0.2, 0) is 21.7 Å². The van der Waals surface area contributed by atoms with E-state index in [0.29, 0.717) is 0 Å². The van der Waals surface area contributed by atoms with Gasteiger partial charge in [-0.1, -0.05) is 30.3 Å². The third-order valence-corrected chi connectivity index (χ3v) is 5.72. The van der Waals surface area contributed by atoms with Gasteiger partial charge in [-0.3, -0.25) is 4.90 Å². The van der Waals surface area contributed by atoms with E-state index < -0.39 is 35.4 Å². The molecule has 1 amide bonds. The number of aryl methyl sites for hydroxylation is 1. The molecule has 4 rings (SSSR count). The van der Waals surface area contributed by atoms with Gasteiger partial charge in [0.25, 0.3) is 0 Å². The van der Waals surface area contributed by atoms with E-state index in [9.17, 15) is 18.7 Å². The van der Waals surface area contributed by atoms with Crippen LogP contribution in [0, 0.1) is 18.6 Å². The maximum atomic E-state index is 14.5. The molecule has 2 aromatic rings. The average molecular weight is 403 g/mol. The van der Waals surface area contributed by atoms with Gasteiger partial charge in [0.05, 0.1) is 30.9 Å². The molecule has 2 bridgehead atoms. The highest BCUT2D eigenvalue weighted by Crippen LogP contribution is 2.42. The summed E-state index contributed by atoms with van der Waals surface area (Å²) in [5.74, 6) is -1.44. The highest BCUT2D eigenvalue weighted by Gasteiger charge is 2.50. The Morgan fingerprint density at radius 3 is 2.48 bits per heavy atom. The second kappa shape index (κ2) is 7.72. The number of hydrogen-bond acceptors (Lipinski definition) is 4. The highest BCUT2D eigenvalue weighted by molar-refractivity contribution is 5.69. The van der Waals surface area contributed by atoms with E-state index in [4.69, 9.17) is 9.47 Å². The lowest BCUT2D eigenvalue weighted by Gasteiger charge is -2.51. The van der Waals surface area contributed by atoms with Crippen molar-refractivity contribution in [3.05, 3.63) is 70.8 Å². The van der Waals surface area contributed by atoms with Crippen molar-refractivity contribution >= 4 is 6.09 Å². The molecule has 2 unspecified atom stereocenters. The van der Waals surface area contributed by atoms with E-state index in [0.717, 1.165) is 11.6 Å². The lowest BCUT2D eigenvalue weighted by atomic mass is 9.76. The molecule has 7 heteroatoms. The second-order valence-electron chi connectivity index (χ2n) is 7.81. The van der Waals surface area contributed by atoms with Gasteiger partial charge in [-0.05, 0) is 24.1 Å². The smallest absolute Gasteiger partial charge is 0.410 e. The molecule has 0 aromatic heterocycles. The quantitative estimate of drug-likeness (QED) is 0.850. The molecule has 0 spiro atoms. The summed E-state index contributed by atoms with van der Waals surface area (Å²) < 4.78 is 39.2. The van der Waals surface area contributed by atoms with Gasteiger partial charge in [-0.2, -0.15) is 0 Å². The number of nitrogens with zero attached hydrogens (tertiary/aromatic N) is 1. The summed E-state index contributed by atoms with van der Waals surface area (Å²) in [5.41, 5.74) is -0.302. The number of morpholine rings is 1. The SMILES string of the molecule is Cc1cc(C2(O)CC3COCC(C2)N3C(=O)OCc2ccccc2)c(F)cc1F. The number of amides is 1. The predicted molar refractivity (Wildman–Crippen MR) is 101 cm³/mol. The summed E-state index contributed by atoms with van der Waals surface area (Å²) >= 11 is 0. The first kappa shape index (κ1) is 19.8. The van der Waals surface area contributed by atoms with Crippen LogP contribution in [0.4, 0.5) is 13.6 Å². The first-order chi connectivity index (χ1) is 13.9. The van der Waals surface area contributed by atoms with Crippen LogP contribution in [0.3, 0.4) is 0 Å². The minimum absolute atomic E-state index is 0.0607. The normalized spacial score (nSPS) is 26.3. The van der Waals surface area contributed by atoms with Crippen LogP contribution in [0.5, 0.6) is 0 Å². The number of ether oxygens (including phenoxy) is 2. The van der Waals surface area contributed by atoms with Gasteiger partial charge in [-0.25, -0.2) is 13.6 Å². The first-order valence-electron chi connectivity index (χ1n) is 9.62. The van der Waals surface area contributed by atoms with Crippen LogP contribution in [-0.4, -0.2) is 41.4 Å². The molecular weight excluding hydrogens is 380 g/mol. The molecule has 29 heavy (non-hydrogen) atoms. The molecule has 5 nitrogen and oxygen atoms in total. The average Bonchev–Trinajstić information content (AvgIpc) is 2.69. The van der Waals surface area contributed by atoms with Gasteiger partial charge in [0.2, 0.25) is 0 Å². The number of benzene rings is 2. The van der Waals surface area contributed by atoms with Crippen LogP contribution < -0.4 is 0 Å². The molecule has 0 radical (unpaired) electrons. The van der Waals surface area contributed by atoms with Gasteiger partial charge < -0.3 is 14.6 Å². The van der Waals surface area contributed by atoms with Gasteiger partial charge in [0.1, 0.15) is 18.2 Å². The van der Waals surface area contributed by atoms with Crippen molar-refractivity contribution in [2.45, 2.75) is 44.1 Å². The zero-order valence-corrected chi connectivity index (χ0v) is 16.1. The topological polar surface area (TPSA) is 59.0 Å². The van der Waals surface area contributed by atoms with Crippen LogP contribution in [0.2, 0.25) is 0 Å². The van der Waals surface area contributed by atoms with Crippen molar-refractivity contribution in [1.29, 1.82) is 0 Å². The zero-order chi connectivity index (χ0) is 20.6. The molecule has 2 aromatic carbocycles. The molecule has 0 saturated carbocycles. The Morgan fingerprint density at radius 2 is 1.83 bits per heavy atom. The highest BCUT2D eigenvalue weighted by atomic mass is 19.1. The van der Waals surface area contributed by atoms with E-state index in [2.05, 4.69) is 0 Å². The third kappa shape index (κ3) is 3.84. The summed E-state index contributed by atoms with van der Waals surface area (Å²) in [6, 6.07) is 10.6. The van der Waals surface area contributed by atoms with E-state index >= 15 is 0 Å².